The van der Waals surface area contributed by atoms with Gasteiger partial charge in [0.25, 0.3) is 0 Å². The highest BCUT2D eigenvalue weighted by Gasteiger charge is 2.19. The van der Waals surface area contributed by atoms with Crippen molar-refractivity contribution in [2.45, 2.75) is 38.8 Å². The third kappa shape index (κ3) is 4.11. The standard InChI is InChI=1S/C13H21NO2/c1-10(9-13(2,3)16-4)14-11-6-5-7-12(15)8-11/h5-8,10,14-15H,9H2,1-4H3. The summed E-state index contributed by atoms with van der Waals surface area (Å²) >= 11 is 0. The molecule has 0 spiro atoms. The highest BCUT2D eigenvalue weighted by Crippen LogP contribution is 2.20. The molecule has 0 aliphatic carbocycles. The minimum absolute atomic E-state index is 0.136. The Balaban J connectivity index is 2.55. The Hall–Kier alpha value is -1.22. The summed E-state index contributed by atoms with van der Waals surface area (Å²) in [5.41, 5.74) is 0.794. The van der Waals surface area contributed by atoms with Crippen LogP contribution in [0.25, 0.3) is 0 Å². The van der Waals surface area contributed by atoms with Gasteiger partial charge in [0, 0.05) is 24.9 Å². The molecule has 0 heterocycles. The van der Waals surface area contributed by atoms with Crippen LogP contribution in [0.1, 0.15) is 27.2 Å². The molecule has 3 heteroatoms. The average Bonchev–Trinajstić information content (AvgIpc) is 2.16. The molecule has 0 bridgehead atoms. The zero-order chi connectivity index (χ0) is 12.2. The first kappa shape index (κ1) is 12.8. The Bertz CT molecular complexity index is 336. The van der Waals surface area contributed by atoms with Crippen molar-refractivity contribution in [3.05, 3.63) is 24.3 Å². The van der Waals surface area contributed by atoms with Crippen LogP contribution >= 0.6 is 0 Å². The van der Waals surface area contributed by atoms with E-state index in [1.807, 2.05) is 12.1 Å². The van der Waals surface area contributed by atoms with Crippen LogP contribution in [0, 0.1) is 0 Å². The molecule has 1 unspecified atom stereocenters. The molecule has 0 fully saturated rings. The Kier molecular flexibility index (Phi) is 4.19. The van der Waals surface area contributed by atoms with Gasteiger partial charge in [-0.25, -0.2) is 0 Å². The van der Waals surface area contributed by atoms with Crippen LogP contribution in [0.5, 0.6) is 5.75 Å². The van der Waals surface area contributed by atoms with Gasteiger partial charge in [-0.05, 0) is 39.3 Å². The maximum atomic E-state index is 9.34. The van der Waals surface area contributed by atoms with E-state index in [1.165, 1.54) is 0 Å². The monoisotopic (exact) mass is 223 g/mol. The van der Waals surface area contributed by atoms with Crippen molar-refractivity contribution >= 4 is 5.69 Å². The molecule has 16 heavy (non-hydrogen) atoms. The van der Waals surface area contributed by atoms with Gasteiger partial charge < -0.3 is 15.2 Å². The second-order valence-corrected chi connectivity index (χ2v) is 4.76. The summed E-state index contributed by atoms with van der Waals surface area (Å²) in [6, 6.07) is 7.43. The maximum Gasteiger partial charge on any atom is 0.117 e. The second-order valence-electron chi connectivity index (χ2n) is 4.76. The number of aromatic hydroxyl groups is 1. The number of nitrogens with one attached hydrogen (secondary N) is 1. The normalized spacial score (nSPS) is 13.5. The molecule has 0 radical (unpaired) electrons. The molecule has 0 aromatic heterocycles. The van der Waals surface area contributed by atoms with E-state index in [2.05, 4.69) is 26.1 Å². The molecule has 0 aliphatic heterocycles. The Labute approximate surface area is 97.4 Å². The molecule has 0 saturated heterocycles. The summed E-state index contributed by atoms with van der Waals surface area (Å²) in [6.07, 6.45) is 0.902. The van der Waals surface area contributed by atoms with Crippen LogP contribution in [0.15, 0.2) is 24.3 Å². The highest BCUT2D eigenvalue weighted by molar-refractivity contribution is 5.48. The van der Waals surface area contributed by atoms with E-state index in [4.69, 9.17) is 4.74 Å². The fourth-order valence-corrected chi connectivity index (χ4v) is 1.75. The first-order valence-corrected chi connectivity index (χ1v) is 5.54. The van der Waals surface area contributed by atoms with Gasteiger partial charge in [0.05, 0.1) is 5.60 Å². The average molecular weight is 223 g/mol. The molecule has 1 atom stereocenters. The third-order valence-electron chi connectivity index (χ3n) is 2.61. The van der Waals surface area contributed by atoms with Crippen molar-refractivity contribution in [1.29, 1.82) is 0 Å². The molecule has 3 nitrogen and oxygen atoms in total. The van der Waals surface area contributed by atoms with Crippen molar-refractivity contribution in [3.63, 3.8) is 0 Å². The molecule has 2 N–H and O–H groups in total. The van der Waals surface area contributed by atoms with Crippen LogP contribution in [0.3, 0.4) is 0 Å². The van der Waals surface area contributed by atoms with Crippen molar-refractivity contribution in [2.24, 2.45) is 0 Å². The lowest BCUT2D eigenvalue weighted by Gasteiger charge is -2.27. The first-order valence-electron chi connectivity index (χ1n) is 5.54. The smallest absolute Gasteiger partial charge is 0.117 e. The van der Waals surface area contributed by atoms with Crippen LogP contribution < -0.4 is 5.32 Å². The highest BCUT2D eigenvalue weighted by atomic mass is 16.5. The van der Waals surface area contributed by atoms with Crippen LogP contribution in [0.2, 0.25) is 0 Å². The Morgan fingerprint density at radius 1 is 1.44 bits per heavy atom. The van der Waals surface area contributed by atoms with Crippen molar-refractivity contribution in [1.82, 2.24) is 0 Å². The van der Waals surface area contributed by atoms with Gasteiger partial charge in [-0.15, -0.1) is 0 Å². The Morgan fingerprint density at radius 2 is 2.12 bits per heavy atom. The zero-order valence-electron chi connectivity index (χ0n) is 10.4. The number of hydrogen-bond acceptors (Lipinski definition) is 3. The number of hydrogen-bond donors (Lipinski definition) is 2. The van der Waals surface area contributed by atoms with E-state index >= 15 is 0 Å². The number of ether oxygens (including phenoxy) is 1. The van der Waals surface area contributed by atoms with Crippen LogP contribution in [-0.4, -0.2) is 23.9 Å². The molecular weight excluding hydrogens is 202 g/mol. The molecule has 1 aromatic rings. The van der Waals surface area contributed by atoms with Crippen molar-refractivity contribution in [2.75, 3.05) is 12.4 Å². The third-order valence-corrected chi connectivity index (χ3v) is 2.61. The summed E-state index contributed by atoms with van der Waals surface area (Å²) in [5, 5.41) is 12.7. The molecule has 1 rings (SSSR count). The van der Waals surface area contributed by atoms with Gasteiger partial charge in [0.15, 0.2) is 0 Å². The molecule has 1 aromatic carbocycles. The van der Waals surface area contributed by atoms with Gasteiger partial charge in [-0.2, -0.15) is 0 Å². The van der Waals surface area contributed by atoms with Gasteiger partial charge >= 0.3 is 0 Å². The molecule has 90 valence electrons. The fourth-order valence-electron chi connectivity index (χ4n) is 1.75. The van der Waals surface area contributed by atoms with E-state index in [1.54, 1.807) is 19.2 Å². The van der Waals surface area contributed by atoms with E-state index in [0.29, 0.717) is 0 Å². The van der Waals surface area contributed by atoms with Gasteiger partial charge in [-0.1, -0.05) is 6.07 Å². The SMILES string of the molecule is COC(C)(C)CC(C)Nc1cccc(O)c1. The summed E-state index contributed by atoms with van der Waals surface area (Å²) in [5.74, 6) is 0.281. The topological polar surface area (TPSA) is 41.5 Å². The van der Waals surface area contributed by atoms with Crippen molar-refractivity contribution in [3.8, 4) is 5.75 Å². The summed E-state index contributed by atoms with van der Waals surface area (Å²) in [4.78, 5) is 0. The summed E-state index contributed by atoms with van der Waals surface area (Å²) in [7, 11) is 1.72. The number of phenols is 1. The van der Waals surface area contributed by atoms with Crippen LogP contribution in [0.4, 0.5) is 5.69 Å². The van der Waals surface area contributed by atoms with E-state index in [9.17, 15) is 5.11 Å². The number of methoxy groups -OCH3 is 1. The number of phenolic OH excluding ortho intramolecular Hbond substituents is 1. The number of rotatable bonds is 5. The van der Waals surface area contributed by atoms with Crippen LogP contribution in [-0.2, 0) is 4.74 Å². The molecule has 0 amide bonds. The lowest BCUT2D eigenvalue weighted by atomic mass is 10.00. The second kappa shape index (κ2) is 5.21. The molecular formula is C13H21NO2. The van der Waals surface area contributed by atoms with E-state index in [0.717, 1.165) is 12.1 Å². The minimum Gasteiger partial charge on any atom is -0.508 e. The summed E-state index contributed by atoms with van der Waals surface area (Å²) < 4.78 is 5.38. The first-order chi connectivity index (χ1) is 7.43. The minimum atomic E-state index is -0.136. The predicted octanol–water partition coefficient (Wildman–Crippen LogP) is 3.01. The van der Waals surface area contributed by atoms with E-state index in [-0.39, 0.29) is 17.4 Å². The fraction of sp³-hybridized carbons (Fsp3) is 0.538. The predicted molar refractivity (Wildman–Crippen MR) is 66.9 cm³/mol. The van der Waals surface area contributed by atoms with Gasteiger partial charge in [-0.3, -0.25) is 0 Å². The Morgan fingerprint density at radius 3 is 2.69 bits per heavy atom. The lowest BCUT2D eigenvalue weighted by molar-refractivity contribution is 0.0128. The van der Waals surface area contributed by atoms with Gasteiger partial charge in [0.1, 0.15) is 5.75 Å². The van der Waals surface area contributed by atoms with E-state index < -0.39 is 0 Å². The zero-order valence-corrected chi connectivity index (χ0v) is 10.4. The van der Waals surface area contributed by atoms with Crippen molar-refractivity contribution < 1.29 is 9.84 Å². The quantitative estimate of drug-likeness (QED) is 0.806. The maximum absolute atomic E-state index is 9.34. The molecule has 0 saturated carbocycles. The number of anilines is 1. The molecule has 0 aliphatic rings. The van der Waals surface area contributed by atoms with Gasteiger partial charge in [0.2, 0.25) is 0 Å². The largest absolute Gasteiger partial charge is 0.508 e. The summed E-state index contributed by atoms with van der Waals surface area (Å²) in [6.45, 7) is 6.23. The lowest BCUT2D eigenvalue weighted by Crippen LogP contribution is -2.31. The number of benzene rings is 1.